The summed E-state index contributed by atoms with van der Waals surface area (Å²) in [6.07, 6.45) is 7.27. The Morgan fingerprint density at radius 3 is 2.12 bits per heavy atom. The van der Waals surface area contributed by atoms with Crippen molar-refractivity contribution in [1.82, 2.24) is 5.32 Å². The summed E-state index contributed by atoms with van der Waals surface area (Å²) in [5, 5.41) is 3.84. The van der Waals surface area contributed by atoms with Crippen LogP contribution in [0.5, 0.6) is 0 Å². The minimum absolute atomic E-state index is 0.194. The molecule has 0 amide bonds. The third kappa shape index (κ3) is 2.98. The predicted molar refractivity (Wildman–Crippen MR) is 70.4 cm³/mol. The van der Waals surface area contributed by atoms with E-state index in [1.807, 2.05) is 0 Å². The fraction of sp³-hybridized carbons (Fsp3) is 1.00. The molecule has 0 unspecified atom stereocenters. The van der Waals surface area contributed by atoms with Crippen LogP contribution in [0.15, 0.2) is 0 Å². The van der Waals surface area contributed by atoms with Crippen LogP contribution < -0.4 is 5.32 Å². The molecule has 3 aliphatic rings. The second kappa shape index (κ2) is 5.47. The fourth-order valence-corrected chi connectivity index (χ4v) is 4.31. The van der Waals surface area contributed by atoms with E-state index >= 15 is 0 Å². The van der Waals surface area contributed by atoms with E-state index < -0.39 is 0 Å². The Morgan fingerprint density at radius 1 is 0.882 bits per heavy atom. The van der Waals surface area contributed by atoms with Crippen molar-refractivity contribution in [2.45, 2.75) is 56.4 Å². The highest BCUT2D eigenvalue weighted by atomic mass is 32.2. The van der Waals surface area contributed by atoms with Gasteiger partial charge in [0, 0.05) is 24.9 Å². The lowest BCUT2D eigenvalue weighted by Crippen LogP contribution is -2.46. The van der Waals surface area contributed by atoms with Gasteiger partial charge < -0.3 is 14.8 Å². The first-order valence-electron chi connectivity index (χ1n) is 6.98. The number of nitrogens with one attached hydrogen (secondary N) is 1. The Bertz CT molecular complexity index is 240. The summed E-state index contributed by atoms with van der Waals surface area (Å²) in [6.45, 7) is 1.58. The number of ether oxygens (including phenoxy) is 2. The number of rotatable bonds is 2. The average molecular weight is 257 g/mol. The van der Waals surface area contributed by atoms with Crippen LogP contribution in [-0.2, 0) is 9.47 Å². The van der Waals surface area contributed by atoms with E-state index in [1.165, 1.54) is 37.2 Å². The van der Waals surface area contributed by atoms with Crippen LogP contribution >= 0.6 is 11.8 Å². The summed E-state index contributed by atoms with van der Waals surface area (Å²) in [5.41, 5.74) is 0. The van der Waals surface area contributed by atoms with E-state index in [2.05, 4.69) is 17.1 Å². The van der Waals surface area contributed by atoms with Gasteiger partial charge in [-0.05, 0) is 37.2 Å². The predicted octanol–water partition coefficient (Wildman–Crippen LogP) is 2.16. The summed E-state index contributed by atoms with van der Waals surface area (Å²) in [4.78, 5) is 0. The first-order chi connectivity index (χ1) is 8.36. The zero-order chi connectivity index (χ0) is 11.6. The number of thioether (sulfide) groups is 1. The van der Waals surface area contributed by atoms with Crippen LogP contribution in [0.4, 0.5) is 0 Å². The van der Waals surface area contributed by atoms with Gasteiger partial charge in [0.1, 0.15) is 0 Å². The van der Waals surface area contributed by atoms with Crippen molar-refractivity contribution >= 4 is 11.8 Å². The maximum atomic E-state index is 5.77. The van der Waals surface area contributed by atoms with Crippen LogP contribution in [0.3, 0.4) is 0 Å². The van der Waals surface area contributed by atoms with Crippen LogP contribution in [0.2, 0.25) is 0 Å². The van der Waals surface area contributed by atoms with Gasteiger partial charge in [-0.1, -0.05) is 0 Å². The Kier molecular flexibility index (Phi) is 3.95. The van der Waals surface area contributed by atoms with Crippen molar-refractivity contribution in [3.8, 4) is 0 Å². The Labute approximate surface area is 108 Å². The zero-order valence-electron chi connectivity index (χ0n) is 10.5. The Hall–Kier alpha value is 0.230. The quantitative estimate of drug-likeness (QED) is 0.821. The molecule has 17 heavy (non-hydrogen) atoms. The third-order valence-electron chi connectivity index (χ3n) is 4.25. The van der Waals surface area contributed by atoms with E-state index in [0.717, 1.165) is 32.1 Å². The second-order valence-corrected chi connectivity index (χ2v) is 6.66. The van der Waals surface area contributed by atoms with Crippen LogP contribution in [0, 0.1) is 0 Å². The van der Waals surface area contributed by atoms with Crippen molar-refractivity contribution in [1.29, 1.82) is 0 Å². The van der Waals surface area contributed by atoms with Gasteiger partial charge in [0.25, 0.3) is 0 Å². The minimum Gasteiger partial charge on any atom is -0.348 e. The lowest BCUT2D eigenvalue weighted by molar-refractivity contribution is -0.179. The molecule has 1 aliphatic carbocycles. The molecule has 2 heterocycles. The van der Waals surface area contributed by atoms with Crippen molar-refractivity contribution in [2.24, 2.45) is 0 Å². The highest BCUT2D eigenvalue weighted by molar-refractivity contribution is 7.99. The normalized spacial score (nSPS) is 31.1. The SMILES string of the molecule is C1COC2(CCC(NC3CCSCC3)CC2)O1. The molecule has 98 valence electrons. The van der Waals surface area contributed by atoms with Crippen molar-refractivity contribution in [3.63, 3.8) is 0 Å². The Balaban J connectivity index is 1.44. The maximum absolute atomic E-state index is 5.77. The minimum atomic E-state index is -0.194. The first-order valence-corrected chi connectivity index (χ1v) is 8.14. The van der Waals surface area contributed by atoms with Gasteiger partial charge in [0.15, 0.2) is 5.79 Å². The molecule has 0 aromatic rings. The molecular weight excluding hydrogens is 234 g/mol. The van der Waals surface area contributed by atoms with Gasteiger partial charge >= 0.3 is 0 Å². The van der Waals surface area contributed by atoms with Crippen molar-refractivity contribution < 1.29 is 9.47 Å². The summed E-state index contributed by atoms with van der Waals surface area (Å²) in [6, 6.07) is 1.46. The second-order valence-electron chi connectivity index (χ2n) is 5.44. The van der Waals surface area contributed by atoms with Crippen LogP contribution in [-0.4, -0.2) is 42.6 Å². The number of hydrogen-bond donors (Lipinski definition) is 1. The monoisotopic (exact) mass is 257 g/mol. The molecule has 1 saturated carbocycles. The summed E-state index contributed by atoms with van der Waals surface area (Å²) >= 11 is 2.10. The fourth-order valence-electron chi connectivity index (χ4n) is 3.21. The van der Waals surface area contributed by atoms with Gasteiger partial charge in [-0.3, -0.25) is 0 Å². The van der Waals surface area contributed by atoms with Crippen LogP contribution in [0.1, 0.15) is 38.5 Å². The van der Waals surface area contributed by atoms with E-state index in [9.17, 15) is 0 Å². The molecular formula is C13H23NO2S. The molecule has 0 aromatic heterocycles. The third-order valence-corrected chi connectivity index (χ3v) is 5.30. The lowest BCUT2D eigenvalue weighted by atomic mass is 9.89. The average Bonchev–Trinajstić information content (AvgIpc) is 2.83. The molecule has 0 atom stereocenters. The molecule has 1 spiro atoms. The highest BCUT2D eigenvalue weighted by Gasteiger charge is 2.40. The first kappa shape index (κ1) is 12.3. The maximum Gasteiger partial charge on any atom is 0.168 e. The molecule has 3 nitrogen and oxygen atoms in total. The van der Waals surface area contributed by atoms with E-state index in [1.54, 1.807) is 0 Å². The van der Waals surface area contributed by atoms with Gasteiger partial charge in [0.2, 0.25) is 0 Å². The van der Waals surface area contributed by atoms with Gasteiger partial charge in [-0.25, -0.2) is 0 Å². The van der Waals surface area contributed by atoms with Crippen LogP contribution in [0.25, 0.3) is 0 Å². The molecule has 0 aromatic carbocycles. The zero-order valence-corrected chi connectivity index (χ0v) is 11.3. The van der Waals surface area contributed by atoms with E-state index in [0.29, 0.717) is 6.04 Å². The smallest absolute Gasteiger partial charge is 0.168 e. The lowest BCUT2D eigenvalue weighted by Gasteiger charge is -2.37. The Morgan fingerprint density at radius 2 is 1.47 bits per heavy atom. The number of hydrogen-bond acceptors (Lipinski definition) is 4. The molecule has 1 N–H and O–H groups in total. The topological polar surface area (TPSA) is 30.5 Å². The van der Waals surface area contributed by atoms with Crippen molar-refractivity contribution in [3.05, 3.63) is 0 Å². The highest BCUT2D eigenvalue weighted by Crippen LogP contribution is 2.36. The molecule has 0 radical (unpaired) electrons. The van der Waals surface area contributed by atoms with Crippen molar-refractivity contribution in [2.75, 3.05) is 24.7 Å². The van der Waals surface area contributed by atoms with E-state index in [4.69, 9.17) is 9.47 Å². The molecule has 0 bridgehead atoms. The largest absolute Gasteiger partial charge is 0.348 e. The van der Waals surface area contributed by atoms with E-state index in [-0.39, 0.29) is 5.79 Å². The van der Waals surface area contributed by atoms with Gasteiger partial charge in [0.05, 0.1) is 13.2 Å². The van der Waals surface area contributed by atoms with Gasteiger partial charge in [-0.2, -0.15) is 11.8 Å². The van der Waals surface area contributed by atoms with Gasteiger partial charge in [-0.15, -0.1) is 0 Å². The molecule has 2 saturated heterocycles. The summed E-state index contributed by atoms with van der Waals surface area (Å²) < 4.78 is 11.5. The summed E-state index contributed by atoms with van der Waals surface area (Å²) in [5.74, 6) is 2.47. The molecule has 3 rings (SSSR count). The molecule has 4 heteroatoms. The molecule has 2 aliphatic heterocycles. The standard InChI is InChI=1S/C13H23NO2S/c1-5-13(15-7-8-16-13)6-2-11(1)14-12-3-9-17-10-4-12/h11-12,14H,1-10H2. The molecule has 3 fully saturated rings. The summed E-state index contributed by atoms with van der Waals surface area (Å²) in [7, 11) is 0.